The zero-order chi connectivity index (χ0) is 20.7. The number of carbonyl (C=O) groups is 2. The normalized spacial score (nSPS) is 10.3. The molecule has 150 valence electrons. The third-order valence-corrected chi connectivity index (χ3v) is 4.46. The molecule has 6 nitrogen and oxygen atoms in total. The number of nitrogens with one attached hydrogen (secondary N) is 1. The SMILES string of the molecule is CCOc1ccc(C(=O)OCC(=O)Nc2c(Cl)ccc(C)c2Cl)cc1OCC. The van der Waals surface area contributed by atoms with Crippen molar-refractivity contribution in [3.05, 3.63) is 51.5 Å². The largest absolute Gasteiger partial charge is 0.490 e. The van der Waals surface area contributed by atoms with E-state index >= 15 is 0 Å². The zero-order valence-corrected chi connectivity index (χ0v) is 17.3. The first kappa shape index (κ1) is 21.9. The van der Waals surface area contributed by atoms with Gasteiger partial charge in [-0.05, 0) is 50.6 Å². The Morgan fingerprint density at radius 3 is 2.36 bits per heavy atom. The summed E-state index contributed by atoms with van der Waals surface area (Å²) < 4.78 is 16.0. The Morgan fingerprint density at radius 1 is 1.00 bits per heavy atom. The van der Waals surface area contributed by atoms with Gasteiger partial charge >= 0.3 is 5.97 Å². The summed E-state index contributed by atoms with van der Waals surface area (Å²) in [6, 6.07) is 8.05. The van der Waals surface area contributed by atoms with Crippen molar-refractivity contribution >= 4 is 40.8 Å². The van der Waals surface area contributed by atoms with E-state index in [0.29, 0.717) is 34.8 Å². The summed E-state index contributed by atoms with van der Waals surface area (Å²) in [5.41, 5.74) is 1.28. The number of aryl methyl sites for hydroxylation is 1. The van der Waals surface area contributed by atoms with Crippen LogP contribution >= 0.6 is 23.2 Å². The number of ether oxygens (including phenoxy) is 3. The standard InChI is InChI=1S/C20H21Cl2NO5/c1-4-26-15-9-7-13(10-16(15)27-5-2)20(25)28-11-17(24)23-19-14(21)8-6-12(3)18(19)22/h6-10H,4-5,11H2,1-3H3,(H,23,24). The molecule has 0 saturated heterocycles. The van der Waals surface area contributed by atoms with E-state index in [1.165, 1.54) is 6.07 Å². The fourth-order valence-corrected chi connectivity index (χ4v) is 2.80. The summed E-state index contributed by atoms with van der Waals surface area (Å²) in [4.78, 5) is 24.4. The number of amides is 1. The summed E-state index contributed by atoms with van der Waals surface area (Å²) in [5.74, 6) is -0.261. The molecule has 2 aromatic rings. The van der Waals surface area contributed by atoms with Crippen LogP contribution in [0.15, 0.2) is 30.3 Å². The first-order valence-electron chi connectivity index (χ1n) is 8.68. The number of anilines is 1. The van der Waals surface area contributed by atoms with Crippen molar-refractivity contribution in [3.63, 3.8) is 0 Å². The Kier molecular flexibility index (Phi) is 7.96. The van der Waals surface area contributed by atoms with Crippen LogP contribution in [0.3, 0.4) is 0 Å². The molecule has 0 heterocycles. The smallest absolute Gasteiger partial charge is 0.338 e. The van der Waals surface area contributed by atoms with E-state index in [0.717, 1.165) is 5.56 Å². The lowest BCUT2D eigenvalue weighted by atomic mass is 10.2. The third kappa shape index (κ3) is 5.53. The van der Waals surface area contributed by atoms with Crippen LogP contribution < -0.4 is 14.8 Å². The number of hydrogen-bond donors (Lipinski definition) is 1. The minimum absolute atomic E-state index is 0.242. The molecular weight excluding hydrogens is 405 g/mol. The minimum Gasteiger partial charge on any atom is -0.490 e. The molecule has 1 amide bonds. The van der Waals surface area contributed by atoms with Gasteiger partial charge in [-0.1, -0.05) is 29.3 Å². The predicted octanol–water partition coefficient (Wildman–Crippen LogP) is 4.89. The summed E-state index contributed by atoms with van der Waals surface area (Å²) in [7, 11) is 0. The van der Waals surface area contributed by atoms with Gasteiger partial charge in [0, 0.05) is 0 Å². The van der Waals surface area contributed by atoms with Crippen molar-refractivity contribution < 1.29 is 23.8 Å². The van der Waals surface area contributed by atoms with Crippen molar-refractivity contribution in [2.75, 3.05) is 25.1 Å². The molecule has 28 heavy (non-hydrogen) atoms. The number of rotatable bonds is 8. The van der Waals surface area contributed by atoms with Crippen molar-refractivity contribution in [2.45, 2.75) is 20.8 Å². The summed E-state index contributed by atoms with van der Waals surface area (Å²) in [6.45, 7) is 5.86. The Labute approximate surface area is 173 Å². The van der Waals surface area contributed by atoms with Crippen LogP contribution in [-0.2, 0) is 9.53 Å². The molecule has 1 N–H and O–H groups in total. The lowest BCUT2D eigenvalue weighted by molar-refractivity contribution is -0.119. The highest BCUT2D eigenvalue weighted by molar-refractivity contribution is 6.40. The molecule has 0 aliphatic carbocycles. The zero-order valence-electron chi connectivity index (χ0n) is 15.8. The Balaban J connectivity index is 2.03. The quantitative estimate of drug-likeness (QED) is 0.609. The van der Waals surface area contributed by atoms with Gasteiger partial charge in [0.05, 0.1) is 34.5 Å². The molecule has 0 atom stereocenters. The molecule has 0 unspecified atom stereocenters. The van der Waals surface area contributed by atoms with Gasteiger partial charge in [0.25, 0.3) is 5.91 Å². The van der Waals surface area contributed by atoms with Gasteiger partial charge < -0.3 is 19.5 Å². The number of esters is 1. The van der Waals surface area contributed by atoms with Gasteiger partial charge in [0.15, 0.2) is 18.1 Å². The highest BCUT2D eigenvalue weighted by atomic mass is 35.5. The van der Waals surface area contributed by atoms with Crippen molar-refractivity contribution in [1.82, 2.24) is 0 Å². The van der Waals surface area contributed by atoms with E-state index in [-0.39, 0.29) is 11.3 Å². The van der Waals surface area contributed by atoms with Crippen LogP contribution in [-0.4, -0.2) is 31.7 Å². The van der Waals surface area contributed by atoms with E-state index in [1.54, 1.807) is 31.2 Å². The van der Waals surface area contributed by atoms with Gasteiger partial charge in [0.1, 0.15) is 0 Å². The molecule has 0 radical (unpaired) electrons. The molecular formula is C20H21Cl2NO5. The Bertz CT molecular complexity index is 870. The van der Waals surface area contributed by atoms with Crippen molar-refractivity contribution in [3.8, 4) is 11.5 Å². The summed E-state index contributed by atoms with van der Waals surface area (Å²) in [5, 5.41) is 3.19. The number of carbonyl (C=O) groups excluding carboxylic acids is 2. The maximum atomic E-state index is 12.3. The number of hydrogen-bond acceptors (Lipinski definition) is 5. The predicted molar refractivity (Wildman–Crippen MR) is 109 cm³/mol. The maximum Gasteiger partial charge on any atom is 0.338 e. The first-order valence-corrected chi connectivity index (χ1v) is 9.44. The fourth-order valence-electron chi connectivity index (χ4n) is 2.34. The van der Waals surface area contributed by atoms with E-state index in [9.17, 15) is 9.59 Å². The lowest BCUT2D eigenvalue weighted by Crippen LogP contribution is -2.21. The number of halogens is 2. The average molecular weight is 426 g/mol. The van der Waals surface area contributed by atoms with Gasteiger partial charge in [-0.3, -0.25) is 4.79 Å². The van der Waals surface area contributed by atoms with Crippen molar-refractivity contribution in [2.24, 2.45) is 0 Å². The van der Waals surface area contributed by atoms with Gasteiger partial charge in [-0.25, -0.2) is 4.79 Å². The van der Waals surface area contributed by atoms with Crippen LogP contribution in [0.25, 0.3) is 0 Å². The van der Waals surface area contributed by atoms with Gasteiger partial charge in [-0.15, -0.1) is 0 Å². The molecule has 0 aromatic heterocycles. The monoisotopic (exact) mass is 425 g/mol. The molecule has 0 aliphatic heterocycles. The maximum absolute atomic E-state index is 12.3. The third-order valence-electron chi connectivity index (χ3n) is 3.66. The first-order chi connectivity index (χ1) is 13.4. The second-order valence-electron chi connectivity index (χ2n) is 5.71. The molecule has 8 heteroatoms. The highest BCUT2D eigenvalue weighted by Crippen LogP contribution is 2.33. The minimum atomic E-state index is -0.666. The van der Waals surface area contributed by atoms with E-state index < -0.39 is 18.5 Å². The van der Waals surface area contributed by atoms with Gasteiger partial charge in [-0.2, -0.15) is 0 Å². The van der Waals surface area contributed by atoms with Crippen LogP contribution in [0.2, 0.25) is 10.0 Å². The van der Waals surface area contributed by atoms with Crippen molar-refractivity contribution in [1.29, 1.82) is 0 Å². The molecule has 0 fully saturated rings. The molecule has 2 aromatic carbocycles. The topological polar surface area (TPSA) is 73.9 Å². The molecule has 0 spiro atoms. The average Bonchev–Trinajstić information content (AvgIpc) is 2.68. The van der Waals surface area contributed by atoms with Crippen LogP contribution in [0.1, 0.15) is 29.8 Å². The molecule has 0 bridgehead atoms. The Hall–Kier alpha value is -2.44. The van der Waals surface area contributed by atoms with Crippen LogP contribution in [0.4, 0.5) is 5.69 Å². The number of benzene rings is 2. The van der Waals surface area contributed by atoms with Crippen LogP contribution in [0.5, 0.6) is 11.5 Å². The highest BCUT2D eigenvalue weighted by Gasteiger charge is 2.16. The second kappa shape index (κ2) is 10.2. The Morgan fingerprint density at radius 2 is 1.68 bits per heavy atom. The fraction of sp³-hybridized carbons (Fsp3) is 0.300. The molecule has 2 rings (SSSR count). The van der Waals surface area contributed by atoms with E-state index in [1.807, 2.05) is 13.8 Å². The lowest BCUT2D eigenvalue weighted by Gasteiger charge is -2.13. The summed E-state index contributed by atoms with van der Waals surface area (Å²) >= 11 is 12.2. The van der Waals surface area contributed by atoms with Gasteiger partial charge in [0.2, 0.25) is 0 Å². The molecule has 0 saturated carbocycles. The van der Waals surface area contributed by atoms with Crippen LogP contribution in [0, 0.1) is 6.92 Å². The molecule has 0 aliphatic rings. The summed E-state index contributed by atoms with van der Waals surface area (Å²) in [6.07, 6.45) is 0. The second-order valence-corrected chi connectivity index (χ2v) is 6.49. The van der Waals surface area contributed by atoms with E-state index in [2.05, 4.69) is 5.32 Å². The van der Waals surface area contributed by atoms with E-state index in [4.69, 9.17) is 37.4 Å².